The summed E-state index contributed by atoms with van der Waals surface area (Å²) in [7, 11) is 1.66. The average Bonchev–Trinajstić information content (AvgIpc) is 2.45. The molecule has 1 unspecified atom stereocenters. The van der Waals surface area contributed by atoms with Gasteiger partial charge in [0, 0.05) is 5.69 Å². The van der Waals surface area contributed by atoms with Gasteiger partial charge in [-0.1, -0.05) is 40.9 Å². The molecule has 0 saturated carbocycles. The van der Waals surface area contributed by atoms with Crippen LogP contribution in [0.3, 0.4) is 0 Å². The topological polar surface area (TPSA) is 21.3 Å². The summed E-state index contributed by atoms with van der Waals surface area (Å²) in [6.45, 7) is 4.02. The molecule has 1 N–H and O–H groups in total. The van der Waals surface area contributed by atoms with Crippen LogP contribution < -0.4 is 10.1 Å². The summed E-state index contributed by atoms with van der Waals surface area (Å²) in [5.74, 6) is 0.862. The van der Waals surface area contributed by atoms with E-state index in [1.165, 1.54) is 0 Å². The zero-order valence-electron chi connectivity index (χ0n) is 12.0. The highest BCUT2D eigenvalue weighted by atomic mass is 35.5. The second-order valence-corrected chi connectivity index (χ2v) is 5.98. The van der Waals surface area contributed by atoms with Crippen molar-refractivity contribution < 1.29 is 4.74 Å². The van der Waals surface area contributed by atoms with Crippen LogP contribution in [0.2, 0.25) is 15.1 Å². The van der Waals surface area contributed by atoms with E-state index in [0.717, 1.165) is 22.6 Å². The Kier molecular flexibility index (Phi) is 5.26. The Labute approximate surface area is 140 Å². The first-order valence-electron chi connectivity index (χ1n) is 6.48. The smallest absolute Gasteiger partial charge is 0.121 e. The number of rotatable bonds is 4. The van der Waals surface area contributed by atoms with Crippen LogP contribution in [0.4, 0.5) is 5.69 Å². The van der Waals surface area contributed by atoms with E-state index in [1.54, 1.807) is 13.2 Å². The molecule has 0 aliphatic heterocycles. The average molecular weight is 345 g/mol. The van der Waals surface area contributed by atoms with Gasteiger partial charge in [-0.25, -0.2) is 0 Å². The van der Waals surface area contributed by atoms with Crippen LogP contribution in [0.5, 0.6) is 5.75 Å². The number of hydrogen-bond donors (Lipinski definition) is 1. The highest BCUT2D eigenvalue weighted by Crippen LogP contribution is 2.36. The predicted molar refractivity (Wildman–Crippen MR) is 91.2 cm³/mol. The van der Waals surface area contributed by atoms with Crippen LogP contribution in [-0.4, -0.2) is 7.11 Å². The Morgan fingerprint density at radius 1 is 1.05 bits per heavy atom. The van der Waals surface area contributed by atoms with Gasteiger partial charge in [-0.05, 0) is 49.2 Å². The second-order valence-electron chi connectivity index (χ2n) is 4.82. The lowest BCUT2D eigenvalue weighted by Gasteiger charge is -2.19. The molecule has 0 bridgehead atoms. The van der Waals surface area contributed by atoms with Crippen LogP contribution in [0.1, 0.15) is 24.1 Å². The van der Waals surface area contributed by atoms with E-state index in [4.69, 9.17) is 39.5 Å². The predicted octanol–water partition coefficient (Wildman–Crippen LogP) is 6.14. The van der Waals surface area contributed by atoms with Crippen molar-refractivity contribution in [2.45, 2.75) is 19.9 Å². The van der Waals surface area contributed by atoms with Crippen molar-refractivity contribution in [3.63, 3.8) is 0 Å². The third-order valence-corrected chi connectivity index (χ3v) is 4.62. The SMILES string of the molecule is COc1ccc(NC(C)c2ccc(Cl)c(Cl)c2Cl)cc1C. The van der Waals surface area contributed by atoms with E-state index >= 15 is 0 Å². The van der Waals surface area contributed by atoms with E-state index < -0.39 is 0 Å². The molecular formula is C16H16Cl3NO. The minimum absolute atomic E-state index is 0.0000570. The number of methoxy groups -OCH3 is 1. The summed E-state index contributed by atoms with van der Waals surface area (Å²) in [5.41, 5.74) is 2.96. The standard InChI is InChI=1S/C16H16Cl3NO/c1-9-8-11(4-7-14(9)21-3)20-10(2)12-5-6-13(17)16(19)15(12)18/h4-8,10,20H,1-3H3. The monoisotopic (exact) mass is 343 g/mol. The molecular weight excluding hydrogens is 329 g/mol. The molecule has 2 aromatic rings. The number of halogens is 3. The molecule has 5 heteroatoms. The molecule has 1 atom stereocenters. The van der Waals surface area contributed by atoms with Gasteiger partial charge < -0.3 is 10.1 Å². The van der Waals surface area contributed by atoms with E-state index in [9.17, 15) is 0 Å². The normalized spacial score (nSPS) is 12.1. The fourth-order valence-corrected chi connectivity index (χ4v) is 2.88. The zero-order chi connectivity index (χ0) is 15.6. The van der Waals surface area contributed by atoms with Crippen LogP contribution >= 0.6 is 34.8 Å². The summed E-state index contributed by atoms with van der Waals surface area (Å²) in [6.07, 6.45) is 0. The van der Waals surface area contributed by atoms with Gasteiger partial charge in [-0.3, -0.25) is 0 Å². The number of anilines is 1. The molecule has 2 nitrogen and oxygen atoms in total. The van der Waals surface area contributed by atoms with Crippen molar-refractivity contribution in [1.29, 1.82) is 0 Å². The molecule has 0 heterocycles. The molecule has 0 radical (unpaired) electrons. The fraction of sp³-hybridized carbons (Fsp3) is 0.250. The van der Waals surface area contributed by atoms with Crippen LogP contribution in [-0.2, 0) is 0 Å². The van der Waals surface area contributed by atoms with Crippen molar-refractivity contribution in [2.75, 3.05) is 12.4 Å². The van der Waals surface area contributed by atoms with E-state index in [1.807, 2.05) is 38.1 Å². The molecule has 2 rings (SSSR count). The molecule has 0 aliphatic carbocycles. The largest absolute Gasteiger partial charge is 0.496 e. The van der Waals surface area contributed by atoms with Gasteiger partial charge in [0.25, 0.3) is 0 Å². The van der Waals surface area contributed by atoms with Crippen molar-refractivity contribution >= 4 is 40.5 Å². The maximum absolute atomic E-state index is 6.26. The Bertz CT molecular complexity index is 658. The molecule has 112 valence electrons. The van der Waals surface area contributed by atoms with Gasteiger partial charge in [-0.15, -0.1) is 0 Å². The first-order chi connectivity index (χ1) is 9.93. The maximum atomic E-state index is 6.26. The third kappa shape index (κ3) is 3.57. The molecule has 0 fully saturated rings. The minimum Gasteiger partial charge on any atom is -0.496 e. The van der Waals surface area contributed by atoms with Crippen LogP contribution in [0.25, 0.3) is 0 Å². The first kappa shape index (κ1) is 16.3. The van der Waals surface area contributed by atoms with Crippen molar-refractivity contribution in [3.8, 4) is 5.75 Å². The Morgan fingerprint density at radius 2 is 1.76 bits per heavy atom. The van der Waals surface area contributed by atoms with Gasteiger partial charge in [0.05, 0.1) is 28.2 Å². The molecule has 0 aromatic heterocycles. The van der Waals surface area contributed by atoms with Crippen LogP contribution in [0, 0.1) is 6.92 Å². The van der Waals surface area contributed by atoms with Gasteiger partial charge >= 0.3 is 0 Å². The summed E-state index contributed by atoms with van der Waals surface area (Å²) in [5, 5.41) is 4.72. The van der Waals surface area contributed by atoms with Gasteiger partial charge in [-0.2, -0.15) is 0 Å². The number of aryl methyl sites for hydroxylation is 1. The fourth-order valence-electron chi connectivity index (χ4n) is 2.17. The van der Waals surface area contributed by atoms with E-state index in [0.29, 0.717) is 15.1 Å². The second kappa shape index (κ2) is 6.78. The summed E-state index contributed by atoms with van der Waals surface area (Å²) in [4.78, 5) is 0. The molecule has 2 aromatic carbocycles. The Hall–Kier alpha value is -1.09. The number of ether oxygens (including phenoxy) is 1. The highest BCUT2D eigenvalue weighted by Gasteiger charge is 2.14. The van der Waals surface area contributed by atoms with Crippen LogP contribution in [0.15, 0.2) is 30.3 Å². The van der Waals surface area contributed by atoms with Crippen molar-refractivity contribution in [1.82, 2.24) is 0 Å². The van der Waals surface area contributed by atoms with Crippen molar-refractivity contribution in [2.24, 2.45) is 0 Å². The molecule has 0 saturated heterocycles. The lowest BCUT2D eigenvalue weighted by molar-refractivity contribution is 0.412. The Morgan fingerprint density at radius 3 is 2.38 bits per heavy atom. The zero-order valence-corrected chi connectivity index (χ0v) is 14.3. The first-order valence-corrected chi connectivity index (χ1v) is 7.62. The lowest BCUT2D eigenvalue weighted by atomic mass is 10.1. The molecule has 21 heavy (non-hydrogen) atoms. The summed E-state index contributed by atoms with van der Waals surface area (Å²) in [6, 6.07) is 9.56. The number of nitrogens with one attached hydrogen (secondary N) is 1. The Balaban J connectivity index is 2.24. The molecule has 0 aliphatic rings. The quantitative estimate of drug-likeness (QED) is 0.673. The third-order valence-electron chi connectivity index (χ3n) is 3.31. The van der Waals surface area contributed by atoms with E-state index in [-0.39, 0.29) is 6.04 Å². The number of benzene rings is 2. The van der Waals surface area contributed by atoms with Crippen molar-refractivity contribution in [3.05, 3.63) is 56.5 Å². The lowest BCUT2D eigenvalue weighted by Crippen LogP contribution is -2.07. The summed E-state index contributed by atoms with van der Waals surface area (Å²) >= 11 is 18.3. The van der Waals surface area contributed by atoms with Gasteiger partial charge in [0.1, 0.15) is 5.75 Å². The molecule has 0 amide bonds. The van der Waals surface area contributed by atoms with Gasteiger partial charge in [0.2, 0.25) is 0 Å². The van der Waals surface area contributed by atoms with E-state index in [2.05, 4.69) is 5.32 Å². The number of hydrogen-bond acceptors (Lipinski definition) is 2. The van der Waals surface area contributed by atoms with Gasteiger partial charge in [0.15, 0.2) is 0 Å². The molecule has 0 spiro atoms. The minimum atomic E-state index is 0.0000570. The maximum Gasteiger partial charge on any atom is 0.121 e. The summed E-state index contributed by atoms with van der Waals surface area (Å²) < 4.78 is 5.26. The highest BCUT2D eigenvalue weighted by molar-refractivity contribution is 6.48.